The normalized spacial score (nSPS) is 21.5. The van der Waals surface area contributed by atoms with Gasteiger partial charge in [0.2, 0.25) is 5.91 Å². The SMILES string of the molecule is CC[C@H](c1ccncc1)N(CC)C(=O)[C@@H]1C[C@@H]1C(=O)OC. The van der Waals surface area contributed by atoms with E-state index in [0.29, 0.717) is 13.0 Å². The van der Waals surface area contributed by atoms with Gasteiger partial charge in [0, 0.05) is 18.9 Å². The van der Waals surface area contributed by atoms with Gasteiger partial charge in [-0.05, 0) is 37.5 Å². The van der Waals surface area contributed by atoms with Crippen molar-refractivity contribution in [1.82, 2.24) is 9.88 Å². The first-order valence-corrected chi connectivity index (χ1v) is 7.42. The van der Waals surface area contributed by atoms with E-state index in [1.54, 1.807) is 12.4 Å². The van der Waals surface area contributed by atoms with Crippen LogP contribution in [0.5, 0.6) is 0 Å². The molecule has 3 atom stereocenters. The molecule has 0 saturated heterocycles. The summed E-state index contributed by atoms with van der Waals surface area (Å²) in [5.74, 6) is -0.697. The number of methoxy groups -OCH3 is 1. The summed E-state index contributed by atoms with van der Waals surface area (Å²) < 4.78 is 4.72. The van der Waals surface area contributed by atoms with Crippen LogP contribution >= 0.6 is 0 Å². The number of carbonyl (C=O) groups excluding carboxylic acids is 2. The van der Waals surface area contributed by atoms with Crippen molar-refractivity contribution in [2.45, 2.75) is 32.7 Å². The first kappa shape index (κ1) is 15.5. The lowest BCUT2D eigenvalue weighted by molar-refractivity contribution is -0.145. The third kappa shape index (κ3) is 3.23. The van der Waals surface area contributed by atoms with Crippen molar-refractivity contribution in [3.63, 3.8) is 0 Å². The van der Waals surface area contributed by atoms with Crippen LogP contribution in [0.4, 0.5) is 0 Å². The van der Waals surface area contributed by atoms with E-state index in [9.17, 15) is 9.59 Å². The van der Waals surface area contributed by atoms with Gasteiger partial charge < -0.3 is 9.64 Å². The molecule has 1 heterocycles. The van der Waals surface area contributed by atoms with Crippen LogP contribution in [0.3, 0.4) is 0 Å². The van der Waals surface area contributed by atoms with E-state index in [1.807, 2.05) is 24.0 Å². The van der Waals surface area contributed by atoms with Gasteiger partial charge >= 0.3 is 5.97 Å². The first-order chi connectivity index (χ1) is 10.1. The summed E-state index contributed by atoms with van der Waals surface area (Å²) in [4.78, 5) is 30.0. The Bertz CT molecular complexity index is 504. The molecule has 1 amide bonds. The maximum atomic E-state index is 12.6. The predicted molar refractivity (Wildman–Crippen MR) is 78.3 cm³/mol. The van der Waals surface area contributed by atoms with E-state index in [4.69, 9.17) is 4.74 Å². The summed E-state index contributed by atoms with van der Waals surface area (Å²) in [6, 6.07) is 3.91. The molecule has 0 N–H and O–H groups in total. The lowest BCUT2D eigenvalue weighted by Crippen LogP contribution is -2.36. The van der Waals surface area contributed by atoms with Gasteiger partial charge in [0.15, 0.2) is 0 Å². The molecule has 0 bridgehead atoms. The van der Waals surface area contributed by atoms with Crippen LogP contribution in [0.25, 0.3) is 0 Å². The summed E-state index contributed by atoms with van der Waals surface area (Å²) in [6.07, 6.45) is 4.92. The van der Waals surface area contributed by atoms with Gasteiger partial charge in [0.05, 0.1) is 25.0 Å². The monoisotopic (exact) mass is 290 g/mol. The van der Waals surface area contributed by atoms with E-state index >= 15 is 0 Å². The number of rotatable bonds is 6. The van der Waals surface area contributed by atoms with Crippen LogP contribution in [-0.2, 0) is 14.3 Å². The maximum Gasteiger partial charge on any atom is 0.309 e. The minimum absolute atomic E-state index is 0.0318. The van der Waals surface area contributed by atoms with E-state index < -0.39 is 0 Å². The van der Waals surface area contributed by atoms with E-state index in [1.165, 1.54) is 7.11 Å². The molecule has 0 unspecified atom stereocenters. The molecule has 1 saturated carbocycles. The number of ether oxygens (including phenoxy) is 1. The Balaban J connectivity index is 2.12. The molecule has 0 spiro atoms. The second kappa shape index (κ2) is 6.70. The number of nitrogens with zero attached hydrogens (tertiary/aromatic N) is 2. The highest BCUT2D eigenvalue weighted by Crippen LogP contribution is 2.42. The standard InChI is InChI=1S/C16H22N2O3/c1-4-14(11-6-8-17-9-7-11)18(5-2)15(19)12-10-13(12)16(20)21-3/h6-9,12-14H,4-5,10H2,1-3H3/t12-,13+,14-/m1/s1. The highest BCUT2D eigenvalue weighted by atomic mass is 16.5. The van der Waals surface area contributed by atoms with Crippen molar-refractivity contribution in [3.05, 3.63) is 30.1 Å². The van der Waals surface area contributed by atoms with E-state index in [0.717, 1.165) is 12.0 Å². The van der Waals surface area contributed by atoms with E-state index in [2.05, 4.69) is 11.9 Å². The summed E-state index contributed by atoms with van der Waals surface area (Å²) >= 11 is 0. The molecule has 114 valence electrons. The molecular formula is C16H22N2O3. The van der Waals surface area contributed by atoms with Crippen LogP contribution < -0.4 is 0 Å². The molecule has 1 aromatic rings. The number of carbonyl (C=O) groups is 2. The van der Waals surface area contributed by atoms with Crippen molar-refractivity contribution in [1.29, 1.82) is 0 Å². The second-order valence-corrected chi connectivity index (χ2v) is 5.30. The molecule has 0 aromatic carbocycles. The van der Waals surface area contributed by atoms with Crippen molar-refractivity contribution >= 4 is 11.9 Å². The lowest BCUT2D eigenvalue weighted by atomic mass is 10.0. The van der Waals surface area contributed by atoms with Crippen molar-refractivity contribution in [3.8, 4) is 0 Å². The largest absolute Gasteiger partial charge is 0.469 e. The van der Waals surface area contributed by atoms with Gasteiger partial charge in [-0.3, -0.25) is 14.6 Å². The van der Waals surface area contributed by atoms with Crippen molar-refractivity contribution < 1.29 is 14.3 Å². The Morgan fingerprint density at radius 1 is 1.33 bits per heavy atom. The summed E-state index contributed by atoms with van der Waals surface area (Å²) in [7, 11) is 1.37. The van der Waals surface area contributed by atoms with Crippen LogP contribution in [-0.4, -0.2) is 35.4 Å². The smallest absolute Gasteiger partial charge is 0.309 e. The Kier molecular flexibility index (Phi) is 4.94. The molecule has 1 aliphatic carbocycles. The molecule has 1 fully saturated rings. The molecule has 5 nitrogen and oxygen atoms in total. The molecule has 0 radical (unpaired) electrons. The zero-order valence-electron chi connectivity index (χ0n) is 12.8. The van der Waals surface area contributed by atoms with E-state index in [-0.39, 0.29) is 29.8 Å². The molecule has 0 aliphatic heterocycles. The highest BCUT2D eigenvalue weighted by molar-refractivity contribution is 5.90. The second-order valence-electron chi connectivity index (χ2n) is 5.30. The van der Waals surface area contributed by atoms with Gasteiger partial charge in [0.1, 0.15) is 0 Å². The molecule has 1 aromatic heterocycles. The summed E-state index contributed by atoms with van der Waals surface area (Å²) in [5, 5.41) is 0. The number of hydrogen-bond donors (Lipinski definition) is 0. The number of aromatic nitrogens is 1. The van der Waals surface area contributed by atoms with Crippen LogP contribution in [0, 0.1) is 11.8 Å². The molecule has 5 heteroatoms. The fourth-order valence-corrected chi connectivity index (χ4v) is 2.84. The quantitative estimate of drug-likeness (QED) is 0.754. The van der Waals surface area contributed by atoms with Gasteiger partial charge in [-0.2, -0.15) is 0 Å². The fraction of sp³-hybridized carbons (Fsp3) is 0.562. The average Bonchev–Trinajstić information content (AvgIpc) is 3.32. The summed E-state index contributed by atoms with van der Waals surface area (Å²) in [6.45, 7) is 4.66. The number of hydrogen-bond acceptors (Lipinski definition) is 4. The molecular weight excluding hydrogens is 268 g/mol. The summed E-state index contributed by atoms with van der Waals surface area (Å²) in [5.41, 5.74) is 1.08. The molecule has 21 heavy (non-hydrogen) atoms. The zero-order chi connectivity index (χ0) is 15.4. The van der Waals surface area contributed by atoms with Crippen LogP contribution in [0.1, 0.15) is 38.3 Å². The lowest BCUT2D eigenvalue weighted by Gasteiger charge is -2.30. The predicted octanol–water partition coefficient (Wildman–Crippen LogP) is 2.19. The molecule has 1 aliphatic rings. The van der Waals surface area contributed by atoms with Gasteiger partial charge in [-0.25, -0.2) is 0 Å². The Labute approximate surface area is 125 Å². The third-order valence-corrected chi connectivity index (χ3v) is 4.09. The highest BCUT2D eigenvalue weighted by Gasteiger charge is 2.50. The minimum Gasteiger partial charge on any atom is -0.469 e. The van der Waals surface area contributed by atoms with Gasteiger partial charge in [-0.15, -0.1) is 0 Å². The van der Waals surface area contributed by atoms with Gasteiger partial charge in [-0.1, -0.05) is 6.92 Å². The number of pyridine rings is 1. The Morgan fingerprint density at radius 3 is 2.52 bits per heavy atom. The minimum atomic E-state index is -0.277. The maximum absolute atomic E-state index is 12.6. The van der Waals surface area contributed by atoms with Crippen molar-refractivity contribution in [2.24, 2.45) is 11.8 Å². The topological polar surface area (TPSA) is 59.5 Å². The number of esters is 1. The van der Waals surface area contributed by atoms with Crippen molar-refractivity contribution in [2.75, 3.05) is 13.7 Å². The third-order valence-electron chi connectivity index (χ3n) is 4.09. The number of amides is 1. The Hall–Kier alpha value is -1.91. The van der Waals surface area contributed by atoms with Gasteiger partial charge in [0.25, 0.3) is 0 Å². The Morgan fingerprint density at radius 2 is 2.00 bits per heavy atom. The first-order valence-electron chi connectivity index (χ1n) is 7.42. The zero-order valence-corrected chi connectivity index (χ0v) is 12.8. The fourth-order valence-electron chi connectivity index (χ4n) is 2.84. The van der Waals surface area contributed by atoms with Crippen LogP contribution in [0.2, 0.25) is 0 Å². The average molecular weight is 290 g/mol. The molecule has 2 rings (SSSR count). The van der Waals surface area contributed by atoms with Crippen LogP contribution in [0.15, 0.2) is 24.5 Å².